The highest BCUT2D eigenvalue weighted by atomic mass is 35.5. The monoisotopic (exact) mass is 251 g/mol. The van der Waals surface area contributed by atoms with Gasteiger partial charge in [0.1, 0.15) is 0 Å². The normalized spacial score (nSPS) is 17.9. The molecule has 0 saturated carbocycles. The van der Waals surface area contributed by atoms with E-state index < -0.39 is 0 Å². The third kappa shape index (κ3) is 3.45. The number of carbonyl (C=O) groups is 1. The van der Waals surface area contributed by atoms with Gasteiger partial charge < -0.3 is 10.6 Å². The maximum atomic E-state index is 11.8. The number of nitriles is 1. The van der Waals surface area contributed by atoms with Crippen LogP contribution < -0.4 is 10.6 Å². The van der Waals surface area contributed by atoms with E-state index in [9.17, 15) is 4.79 Å². The molecule has 1 aliphatic rings. The van der Waals surface area contributed by atoms with Crippen LogP contribution in [0.4, 0.5) is 0 Å². The summed E-state index contributed by atoms with van der Waals surface area (Å²) in [6.45, 7) is 1.79. The lowest BCUT2D eigenvalue weighted by Gasteiger charge is -2.10. The van der Waals surface area contributed by atoms with Gasteiger partial charge in [-0.05, 0) is 37.2 Å². The van der Waals surface area contributed by atoms with E-state index in [1.54, 1.807) is 24.3 Å². The van der Waals surface area contributed by atoms with Gasteiger partial charge in [0.05, 0.1) is 11.6 Å². The third-order valence-corrected chi connectivity index (χ3v) is 2.67. The fourth-order valence-corrected chi connectivity index (χ4v) is 1.74. The van der Waals surface area contributed by atoms with Crippen molar-refractivity contribution in [1.82, 2.24) is 10.6 Å². The molecule has 0 radical (unpaired) electrons. The lowest BCUT2D eigenvalue weighted by Crippen LogP contribution is -2.36. The van der Waals surface area contributed by atoms with Gasteiger partial charge >= 0.3 is 0 Å². The summed E-state index contributed by atoms with van der Waals surface area (Å²) < 4.78 is 0. The van der Waals surface area contributed by atoms with Gasteiger partial charge in [-0.3, -0.25) is 4.79 Å². The van der Waals surface area contributed by atoms with E-state index in [0.717, 1.165) is 19.5 Å². The van der Waals surface area contributed by atoms with Crippen molar-refractivity contribution in [2.24, 2.45) is 0 Å². The van der Waals surface area contributed by atoms with Gasteiger partial charge in [0.15, 0.2) is 0 Å². The van der Waals surface area contributed by atoms with Crippen molar-refractivity contribution in [3.63, 3.8) is 0 Å². The molecule has 1 atom stereocenters. The number of benzene rings is 1. The van der Waals surface area contributed by atoms with E-state index in [0.29, 0.717) is 11.1 Å². The van der Waals surface area contributed by atoms with Crippen molar-refractivity contribution >= 4 is 18.3 Å². The average Bonchev–Trinajstić information content (AvgIpc) is 2.82. The van der Waals surface area contributed by atoms with E-state index in [1.807, 2.05) is 6.07 Å². The van der Waals surface area contributed by atoms with Crippen molar-refractivity contribution < 1.29 is 4.79 Å². The van der Waals surface area contributed by atoms with Gasteiger partial charge in [0.25, 0.3) is 5.91 Å². The maximum absolute atomic E-state index is 11.8. The molecule has 1 aromatic carbocycles. The number of carbonyl (C=O) groups excluding carboxylic acids is 1. The van der Waals surface area contributed by atoms with Gasteiger partial charge in [0, 0.05) is 18.2 Å². The Morgan fingerprint density at radius 3 is 2.65 bits per heavy atom. The first kappa shape index (κ1) is 13.5. The highest BCUT2D eigenvalue weighted by Crippen LogP contribution is 2.05. The first-order valence-electron chi connectivity index (χ1n) is 5.31. The molecule has 1 saturated heterocycles. The Hall–Kier alpha value is -1.57. The second-order valence-corrected chi connectivity index (χ2v) is 3.85. The molecular formula is C12H14ClN3O. The van der Waals surface area contributed by atoms with Crippen LogP contribution in [0.3, 0.4) is 0 Å². The number of nitrogens with one attached hydrogen (secondary N) is 2. The van der Waals surface area contributed by atoms with Crippen LogP contribution >= 0.6 is 12.4 Å². The van der Waals surface area contributed by atoms with Crippen molar-refractivity contribution in [3.8, 4) is 6.07 Å². The number of halogens is 1. The second kappa shape index (κ2) is 6.24. The van der Waals surface area contributed by atoms with Gasteiger partial charge in [-0.2, -0.15) is 5.26 Å². The molecule has 0 spiro atoms. The highest BCUT2D eigenvalue weighted by Gasteiger charge is 2.17. The Morgan fingerprint density at radius 1 is 1.41 bits per heavy atom. The summed E-state index contributed by atoms with van der Waals surface area (Å²) in [4.78, 5) is 11.8. The number of hydrogen-bond acceptors (Lipinski definition) is 3. The minimum Gasteiger partial charge on any atom is -0.348 e. The summed E-state index contributed by atoms with van der Waals surface area (Å²) >= 11 is 0. The molecule has 17 heavy (non-hydrogen) atoms. The Balaban J connectivity index is 0.00000144. The zero-order valence-electron chi connectivity index (χ0n) is 9.27. The zero-order chi connectivity index (χ0) is 11.4. The molecule has 2 N–H and O–H groups in total. The van der Waals surface area contributed by atoms with Crippen LogP contribution in [-0.4, -0.2) is 25.0 Å². The SMILES string of the molecule is Cl.N#Cc1ccc(C(=O)NC2CCNC2)cc1. The molecule has 1 unspecified atom stereocenters. The molecule has 1 aliphatic heterocycles. The smallest absolute Gasteiger partial charge is 0.251 e. The summed E-state index contributed by atoms with van der Waals surface area (Å²) in [5.41, 5.74) is 1.17. The van der Waals surface area contributed by atoms with E-state index in [-0.39, 0.29) is 24.4 Å². The van der Waals surface area contributed by atoms with Gasteiger partial charge in [-0.25, -0.2) is 0 Å². The quantitative estimate of drug-likeness (QED) is 0.827. The maximum Gasteiger partial charge on any atom is 0.251 e. The van der Waals surface area contributed by atoms with E-state index in [1.165, 1.54) is 0 Å². The van der Waals surface area contributed by atoms with Gasteiger partial charge in [-0.1, -0.05) is 0 Å². The molecule has 2 rings (SSSR count). The van der Waals surface area contributed by atoms with Gasteiger partial charge in [0.2, 0.25) is 0 Å². The molecular weight excluding hydrogens is 238 g/mol. The molecule has 1 amide bonds. The molecule has 90 valence electrons. The number of nitrogens with zero attached hydrogens (tertiary/aromatic N) is 1. The standard InChI is InChI=1S/C12H13N3O.ClH/c13-7-9-1-3-10(4-2-9)12(16)15-11-5-6-14-8-11;/h1-4,11,14H,5-6,8H2,(H,15,16);1H. The highest BCUT2D eigenvalue weighted by molar-refractivity contribution is 5.94. The number of amides is 1. The van der Waals surface area contributed by atoms with E-state index >= 15 is 0 Å². The second-order valence-electron chi connectivity index (χ2n) is 3.85. The molecule has 4 nitrogen and oxygen atoms in total. The van der Waals surface area contributed by atoms with Crippen LogP contribution in [0.1, 0.15) is 22.3 Å². The Labute approximate surface area is 106 Å². The Morgan fingerprint density at radius 2 is 2.12 bits per heavy atom. The van der Waals surface area contributed by atoms with Crippen LogP contribution in [0.2, 0.25) is 0 Å². The van der Waals surface area contributed by atoms with Crippen LogP contribution in [-0.2, 0) is 0 Å². The number of rotatable bonds is 2. The Kier molecular flexibility index (Phi) is 4.95. The van der Waals surface area contributed by atoms with Crippen molar-refractivity contribution in [1.29, 1.82) is 5.26 Å². The Bertz CT molecular complexity index is 418. The predicted octanol–water partition coefficient (Wildman–Crippen LogP) is 1.07. The molecule has 0 bridgehead atoms. The molecule has 5 heteroatoms. The van der Waals surface area contributed by atoms with Gasteiger partial charge in [-0.15, -0.1) is 12.4 Å². The lowest BCUT2D eigenvalue weighted by molar-refractivity contribution is 0.0940. The van der Waals surface area contributed by atoms with E-state index in [4.69, 9.17) is 5.26 Å². The van der Waals surface area contributed by atoms with Crippen LogP contribution in [0.5, 0.6) is 0 Å². The molecule has 1 aromatic rings. The fourth-order valence-electron chi connectivity index (χ4n) is 1.74. The topological polar surface area (TPSA) is 64.9 Å². The van der Waals surface area contributed by atoms with Crippen molar-refractivity contribution in [2.45, 2.75) is 12.5 Å². The molecule has 0 aliphatic carbocycles. The average molecular weight is 252 g/mol. The third-order valence-electron chi connectivity index (χ3n) is 2.67. The summed E-state index contributed by atoms with van der Waals surface area (Å²) in [5.74, 6) is -0.0711. The first-order valence-corrected chi connectivity index (χ1v) is 5.31. The fraction of sp³-hybridized carbons (Fsp3) is 0.333. The molecule has 1 fully saturated rings. The minimum atomic E-state index is -0.0711. The minimum absolute atomic E-state index is 0. The molecule has 1 heterocycles. The summed E-state index contributed by atoms with van der Waals surface area (Å²) in [7, 11) is 0. The first-order chi connectivity index (χ1) is 7.79. The molecule has 0 aromatic heterocycles. The van der Waals surface area contributed by atoms with Crippen LogP contribution in [0, 0.1) is 11.3 Å². The largest absolute Gasteiger partial charge is 0.348 e. The zero-order valence-corrected chi connectivity index (χ0v) is 10.1. The van der Waals surface area contributed by atoms with Crippen molar-refractivity contribution in [2.75, 3.05) is 13.1 Å². The summed E-state index contributed by atoms with van der Waals surface area (Å²) in [6, 6.07) is 8.91. The summed E-state index contributed by atoms with van der Waals surface area (Å²) in [5, 5.41) is 14.8. The predicted molar refractivity (Wildman–Crippen MR) is 67.1 cm³/mol. The summed E-state index contributed by atoms with van der Waals surface area (Å²) in [6.07, 6.45) is 0.974. The van der Waals surface area contributed by atoms with Crippen molar-refractivity contribution in [3.05, 3.63) is 35.4 Å². The van der Waals surface area contributed by atoms with Crippen LogP contribution in [0.25, 0.3) is 0 Å². The van der Waals surface area contributed by atoms with Crippen LogP contribution in [0.15, 0.2) is 24.3 Å². The lowest BCUT2D eigenvalue weighted by atomic mass is 10.1. The number of hydrogen-bond donors (Lipinski definition) is 2. The van der Waals surface area contributed by atoms with E-state index in [2.05, 4.69) is 10.6 Å².